The van der Waals surface area contributed by atoms with Crippen LogP contribution in [0.5, 0.6) is 5.75 Å². The molecule has 0 spiro atoms. The summed E-state index contributed by atoms with van der Waals surface area (Å²) in [5, 5.41) is 6.28. The van der Waals surface area contributed by atoms with Gasteiger partial charge in [-0.1, -0.05) is 48.2 Å². The van der Waals surface area contributed by atoms with E-state index >= 15 is 0 Å². The molecular weight excluding hydrogens is 390 g/mol. The zero-order valence-electron chi connectivity index (χ0n) is 15.0. The zero-order chi connectivity index (χ0) is 19.3. The van der Waals surface area contributed by atoms with Crippen molar-refractivity contribution in [3.8, 4) is 5.75 Å². The number of anilines is 1. The van der Waals surface area contributed by atoms with Crippen LogP contribution in [0.25, 0.3) is 10.2 Å². The molecule has 0 bridgehead atoms. The van der Waals surface area contributed by atoms with Crippen molar-refractivity contribution in [3.63, 3.8) is 0 Å². The number of aromatic nitrogens is 2. The molecule has 2 aromatic carbocycles. The van der Waals surface area contributed by atoms with E-state index in [1.165, 1.54) is 11.8 Å². The largest absolute Gasteiger partial charge is 0.497 e. The minimum Gasteiger partial charge on any atom is -0.497 e. The van der Waals surface area contributed by atoms with Gasteiger partial charge in [0.1, 0.15) is 27.2 Å². The molecule has 28 heavy (non-hydrogen) atoms. The van der Waals surface area contributed by atoms with Crippen molar-refractivity contribution in [2.45, 2.75) is 10.3 Å². The molecule has 0 saturated carbocycles. The monoisotopic (exact) mass is 407 g/mol. The number of rotatable bonds is 6. The number of methoxy groups -OCH3 is 1. The van der Waals surface area contributed by atoms with Crippen molar-refractivity contribution >= 4 is 44.9 Å². The highest BCUT2D eigenvalue weighted by molar-refractivity contribution is 8.00. The van der Waals surface area contributed by atoms with Gasteiger partial charge in [-0.2, -0.15) is 0 Å². The maximum Gasteiger partial charge on any atom is 0.242 e. The van der Waals surface area contributed by atoms with Gasteiger partial charge in [0.05, 0.1) is 7.11 Å². The van der Waals surface area contributed by atoms with Crippen LogP contribution in [0.15, 0.2) is 77.4 Å². The van der Waals surface area contributed by atoms with Crippen LogP contribution in [-0.4, -0.2) is 23.0 Å². The summed E-state index contributed by atoms with van der Waals surface area (Å²) in [5.41, 5.74) is 1.60. The van der Waals surface area contributed by atoms with Crippen LogP contribution < -0.4 is 10.1 Å². The minimum absolute atomic E-state index is 0.119. The molecule has 0 aliphatic heterocycles. The average Bonchev–Trinajstić information content (AvgIpc) is 3.22. The van der Waals surface area contributed by atoms with Gasteiger partial charge in [-0.3, -0.25) is 4.79 Å². The average molecular weight is 408 g/mol. The third-order valence-corrected chi connectivity index (χ3v) is 6.22. The number of carbonyl (C=O) groups is 1. The van der Waals surface area contributed by atoms with Gasteiger partial charge in [-0.05, 0) is 29.1 Å². The zero-order valence-corrected chi connectivity index (χ0v) is 16.7. The fourth-order valence-electron chi connectivity index (χ4n) is 2.78. The van der Waals surface area contributed by atoms with Gasteiger partial charge in [0.2, 0.25) is 5.91 Å². The Bertz CT molecular complexity index is 1100. The second kappa shape index (κ2) is 8.41. The van der Waals surface area contributed by atoms with Crippen molar-refractivity contribution in [2.24, 2.45) is 0 Å². The summed E-state index contributed by atoms with van der Waals surface area (Å²) < 4.78 is 5.24. The topological polar surface area (TPSA) is 64.1 Å². The van der Waals surface area contributed by atoms with E-state index < -0.39 is 5.25 Å². The highest BCUT2D eigenvalue weighted by atomic mass is 32.2. The van der Waals surface area contributed by atoms with Crippen LogP contribution in [0.1, 0.15) is 10.8 Å². The summed E-state index contributed by atoms with van der Waals surface area (Å²) in [5.74, 6) is 0.573. The van der Waals surface area contributed by atoms with E-state index in [4.69, 9.17) is 4.74 Å². The molecular formula is C21H17N3O2S2. The number of ether oxygens (including phenoxy) is 1. The molecule has 4 aromatic rings. The van der Waals surface area contributed by atoms with E-state index in [-0.39, 0.29) is 5.91 Å². The number of amides is 1. The number of nitrogens with one attached hydrogen (secondary N) is 1. The summed E-state index contributed by atoms with van der Waals surface area (Å²) in [7, 11) is 1.60. The van der Waals surface area contributed by atoms with Gasteiger partial charge in [-0.25, -0.2) is 9.97 Å². The molecule has 0 fully saturated rings. The van der Waals surface area contributed by atoms with Gasteiger partial charge in [-0.15, -0.1) is 11.3 Å². The lowest BCUT2D eigenvalue weighted by atomic mass is 10.1. The lowest BCUT2D eigenvalue weighted by molar-refractivity contribution is -0.115. The molecule has 0 aliphatic rings. The Morgan fingerprint density at radius 2 is 1.96 bits per heavy atom. The van der Waals surface area contributed by atoms with Crippen molar-refractivity contribution < 1.29 is 9.53 Å². The second-order valence-electron chi connectivity index (χ2n) is 5.95. The molecule has 2 heterocycles. The number of benzene rings is 2. The molecule has 0 aliphatic carbocycles. The van der Waals surface area contributed by atoms with Crippen LogP contribution in [0.2, 0.25) is 0 Å². The van der Waals surface area contributed by atoms with E-state index in [9.17, 15) is 4.79 Å². The first kappa shape index (κ1) is 18.5. The summed E-state index contributed by atoms with van der Waals surface area (Å²) in [6.45, 7) is 0. The molecule has 2 aromatic heterocycles. The molecule has 1 N–H and O–H groups in total. The van der Waals surface area contributed by atoms with Gasteiger partial charge in [0.15, 0.2) is 0 Å². The molecule has 0 unspecified atom stereocenters. The molecule has 140 valence electrons. The fourth-order valence-corrected chi connectivity index (χ4v) is 4.66. The van der Waals surface area contributed by atoms with E-state index in [1.54, 1.807) is 30.8 Å². The van der Waals surface area contributed by atoms with Gasteiger partial charge >= 0.3 is 0 Å². The Labute approximate surface area is 170 Å². The summed E-state index contributed by atoms with van der Waals surface area (Å²) in [6.07, 6.45) is 1.54. The van der Waals surface area contributed by atoms with Gasteiger partial charge in [0.25, 0.3) is 0 Å². The van der Waals surface area contributed by atoms with E-state index in [1.807, 2.05) is 60.0 Å². The van der Waals surface area contributed by atoms with Crippen LogP contribution in [0.4, 0.5) is 5.69 Å². The number of thioether (sulfide) groups is 1. The summed E-state index contributed by atoms with van der Waals surface area (Å²) >= 11 is 2.99. The first-order chi connectivity index (χ1) is 13.7. The smallest absolute Gasteiger partial charge is 0.242 e. The third-order valence-electron chi connectivity index (χ3n) is 4.13. The van der Waals surface area contributed by atoms with Crippen LogP contribution in [0.3, 0.4) is 0 Å². The number of hydrogen-bond acceptors (Lipinski definition) is 6. The summed E-state index contributed by atoms with van der Waals surface area (Å²) in [6, 6.07) is 19.0. The van der Waals surface area contributed by atoms with E-state index in [0.717, 1.165) is 20.8 Å². The van der Waals surface area contributed by atoms with Gasteiger partial charge in [0, 0.05) is 17.1 Å². The van der Waals surface area contributed by atoms with E-state index in [2.05, 4.69) is 15.3 Å². The number of nitrogens with zero attached hydrogens (tertiary/aromatic N) is 2. The van der Waals surface area contributed by atoms with Gasteiger partial charge < -0.3 is 10.1 Å². The van der Waals surface area contributed by atoms with Crippen LogP contribution >= 0.6 is 23.1 Å². The van der Waals surface area contributed by atoms with E-state index in [0.29, 0.717) is 11.4 Å². The molecule has 7 heteroatoms. The highest BCUT2D eigenvalue weighted by Gasteiger charge is 2.24. The Morgan fingerprint density at radius 3 is 2.79 bits per heavy atom. The predicted octanol–water partition coefficient (Wildman–Crippen LogP) is 5.17. The SMILES string of the molecule is COc1cccc(NC(=O)[C@H](Sc2ncnc3sccc23)c2ccccc2)c1. The maximum atomic E-state index is 13.2. The lowest BCUT2D eigenvalue weighted by Gasteiger charge is -2.17. The van der Waals surface area contributed by atoms with Crippen LogP contribution in [0, 0.1) is 0 Å². The third kappa shape index (κ3) is 4.00. The fraction of sp³-hybridized carbons (Fsp3) is 0.0952. The first-order valence-corrected chi connectivity index (χ1v) is 10.4. The van der Waals surface area contributed by atoms with Crippen molar-refractivity contribution in [3.05, 3.63) is 77.9 Å². The molecule has 5 nitrogen and oxygen atoms in total. The minimum atomic E-state index is -0.453. The van der Waals surface area contributed by atoms with Crippen molar-refractivity contribution in [1.82, 2.24) is 9.97 Å². The molecule has 4 rings (SSSR count). The number of hydrogen-bond donors (Lipinski definition) is 1. The molecule has 1 amide bonds. The molecule has 0 saturated heterocycles. The van der Waals surface area contributed by atoms with Crippen molar-refractivity contribution in [1.29, 1.82) is 0 Å². The molecule has 1 atom stereocenters. The van der Waals surface area contributed by atoms with Crippen LogP contribution in [-0.2, 0) is 4.79 Å². The van der Waals surface area contributed by atoms with Crippen molar-refractivity contribution in [2.75, 3.05) is 12.4 Å². The summed E-state index contributed by atoms with van der Waals surface area (Å²) in [4.78, 5) is 22.8. The quantitative estimate of drug-likeness (QED) is 0.353. The standard InChI is InChI=1S/C21H17N3O2S2/c1-26-16-9-5-8-15(12-16)24-19(25)18(14-6-3-2-4-7-14)28-21-17-10-11-27-20(17)22-13-23-21/h2-13,18H,1H3,(H,24,25)/t18-/m1/s1. The molecule has 0 radical (unpaired) electrons. The Balaban J connectivity index is 1.65. The maximum absolute atomic E-state index is 13.2. The normalized spacial score (nSPS) is 11.9. The Kier molecular flexibility index (Phi) is 5.55. The number of thiophene rings is 1. The first-order valence-electron chi connectivity index (χ1n) is 8.59. The second-order valence-corrected chi connectivity index (χ2v) is 7.94. The number of fused-ring (bicyclic) bond motifs is 1. The lowest BCUT2D eigenvalue weighted by Crippen LogP contribution is -2.19. The highest BCUT2D eigenvalue weighted by Crippen LogP contribution is 2.39. The Hall–Kier alpha value is -2.90. The number of carbonyl (C=O) groups excluding carboxylic acids is 1. The Morgan fingerprint density at radius 1 is 1.11 bits per heavy atom. The predicted molar refractivity (Wildman–Crippen MR) is 114 cm³/mol.